The summed E-state index contributed by atoms with van der Waals surface area (Å²) in [4.78, 5) is 15.4. The van der Waals surface area contributed by atoms with Gasteiger partial charge in [-0.1, -0.05) is 6.07 Å². The molecule has 1 amide bonds. The minimum Gasteiger partial charge on any atom is -0.492 e. The van der Waals surface area contributed by atoms with Crippen molar-refractivity contribution in [2.75, 3.05) is 44.2 Å². The monoisotopic (exact) mass is 263 g/mol. The van der Waals surface area contributed by atoms with Gasteiger partial charge in [0, 0.05) is 51.4 Å². The van der Waals surface area contributed by atoms with Crippen LogP contribution >= 0.6 is 0 Å². The molecule has 1 aromatic carbocycles. The van der Waals surface area contributed by atoms with E-state index in [1.54, 1.807) is 6.92 Å². The maximum Gasteiger partial charge on any atom is 0.219 e. The fourth-order valence-corrected chi connectivity index (χ4v) is 2.23. The molecule has 1 fully saturated rings. The van der Waals surface area contributed by atoms with E-state index in [1.165, 1.54) is 0 Å². The SMILES string of the molecule is CC(=O)N1CCN(c2cccc(OCCN)c2)CC1. The third kappa shape index (κ3) is 3.61. The Bertz CT molecular complexity index is 428. The molecule has 5 heteroatoms. The molecule has 1 aliphatic rings. The molecule has 2 N–H and O–H groups in total. The molecule has 0 aliphatic carbocycles. The van der Waals surface area contributed by atoms with E-state index in [0.29, 0.717) is 13.2 Å². The first-order valence-corrected chi connectivity index (χ1v) is 6.64. The number of ether oxygens (including phenoxy) is 1. The number of rotatable bonds is 4. The molecule has 0 atom stereocenters. The molecule has 0 radical (unpaired) electrons. The summed E-state index contributed by atoms with van der Waals surface area (Å²) < 4.78 is 5.53. The van der Waals surface area contributed by atoms with Crippen LogP contribution in [0.2, 0.25) is 0 Å². The van der Waals surface area contributed by atoms with E-state index in [2.05, 4.69) is 11.0 Å². The second kappa shape index (κ2) is 6.43. The Morgan fingerprint density at radius 1 is 1.32 bits per heavy atom. The van der Waals surface area contributed by atoms with E-state index in [-0.39, 0.29) is 5.91 Å². The zero-order valence-electron chi connectivity index (χ0n) is 11.3. The number of benzene rings is 1. The number of piperazine rings is 1. The van der Waals surface area contributed by atoms with Crippen molar-refractivity contribution in [2.24, 2.45) is 5.73 Å². The van der Waals surface area contributed by atoms with Crippen LogP contribution in [-0.4, -0.2) is 50.1 Å². The first-order chi connectivity index (χ1) is 9.20. The normalized spacial score (nSPS) is 15.5. The summed E-state index contributed by atoms with van der Waals surface area (Å²) in [6, 6.07) is 8.02. The van der Waals surface area contributed by atoms with Gasteiger partial charge in [0.25, 0.3) is 0 Å². The Kier molecular flexibility index (Phi) is 4.63. The molecule has 19 heavy (non-hydrogen) atoms. The third-order valence-electron chi connectivity index (χ3n) is 3.29. The molecular weight excluding hydrogens is 242 g/mol. The van der Waals surface area contributed by atoms with Gasteiger partial charge in [-0.25, -0.2) is 0 Å². The zero-order chi connectivity index (χ0) is 13.7. The second-order valence-electron chi connectivity index (χ2n) is 4.63. The smallest absolute Gasteiger partial charge is 0.219 e. The highest BCUT2D eigenvalue weighted by Gasteiger charge is 2.18. The topological polar surface area (TPSA) is 58.8 Å². The van der Waals surface area contributed by atoms with Crippen LogP contribution in [-0.2, 0) is 4.79 Å². The van der Waals surface area contributed by atoms with Crippen molar-refractivity contribution in [3.63, 3.8) is 0 Å². The number of hydrogen-bond acceptors (Lipinski definition) is 4. The van der Waals surface area contributed by atoms with Crippen molar-refractivity contribution in [3.8, 4) is 5.75 Å². The van der Waals surface area contributed by atoms with Crippen molar-refractivity contribution in [3.05, 3.63) is 24.3 Å². The van der Waals surface area contributed by atoms with E-state index < -0.39 is 0 Å². The van der Waals surface area contributed by atoms with Gasteiger partial charge in [-0.3, -0.25) is 4.79 Å². The molecule has 0 unspecified atom stereocenters. The fourth-order valence-electron chi connectivity index (χ4n) is 2.23. The van der Waals surface area contributed by atoms with Crippen molar-refractivity contribution in [2.45, 2.75) is 6.92 Å². The molecule has 0 bridgehead atoms. The van der Waals surface area contributed by atoms with Crippen LogP contribution in [0.25, 0.3) is 0 Å². The number of nitrogens with two attached hydrogens (primary N) is 1. The molecule has 0 aromatic heterocycles. The zero-order valence-corrected chi connectivity index (χ0v) is 11.3. The highest BCUT2D eigenvalue weighted by Crippen LogP contribution is 2.22. The first-order valence-electron chi connectivity index (χ1n) is 6.64. The quantitative estimate of drug-likeness (QED) is 0.868. The number of amides is 1. The summed E-state index contributed by atoms with van der Waals surface area (Å²) >= 11 is 0. The summed E-state index contributed by atoms with van der Waals surface area (Å²) in [7, 11) is 0. The largest absolute Gasteiger partial charge is 0.492 e. The minimum absolute atomic E-state index is 0.152. The molecule has 5 nitrogen and oxygen atoms in total. The average Bonchev–Trinajstić information content (AvgIpc) is 2.45. The Hall–Kier alpha value is -1.75. The van der Waals surface area contributed by atoms with Crippen LogP contribution in [0.5, 0.6) is 5.75 Å². The Morgan fingerprint density at radius 3 is 2.68 bits per heavy atom. The second-order valence-corrected chi connectivity index (χ2v) is 4.63. The van der Waals surface area contributed by atoms with Crippen molar-refractivity contribution < 1.29 is 9.53 Å². The molecule has 2 rings (SSSR count). The molecule has 104 valence electrons. The number of nitrogens with zero attached hydrogens (tertiary/aromatic N) is 2. The van der Waals surface area contributed by atoms with Crippen LogP contribution < -0.4 is 15.4 Å². The van der Waals surface area contributed by atoms with Gasteiger partial charge in [0.2, 0.25) is 5.91 Å². The molecule has 1 aliphatic heterocycles. The Morgan fingerprint density at radius 2 is 2.05 bits per heavy atom. The van der Waals surface area contributed by atoms with Gasteiger partial charge < -0.3 is 20.3 Å². The third-order valence-corrected chi connectivity index (χ3v) is 3.29. The fraction of sp³-hybridized carbons (Fsp3) is 0.500. The van der Waals surface area contributed by atoms with Crippen molar-refractivity contribution in [1.29, 1.82) is 0 Å². The lowest BCUT2D eigenvalue weighted by Gasteiger charge is -2.35. The highest BCUT2D eigenvalue weighted by atomic mass is 16.5. The van der Waals surface area contributed by atoms with E-state index in [1.807, 2.05) is 23.1 Å². The van der Waals surface area contributed by atoms with E-state index in [0.717, 1.165) is 37.6 Å². The number of carbonyl (C=O) groups excluding carboxylic acids is 1. The number of hydrogen-bond donors (Lipinski definition) is 1. The maximum atomic E-state index is 11.3. The molecule has 0 spiro atoms. The van der Waals surface area contributed by atoms with Crippen LogP contribution in [0, 0.1) is 0 Å². The first kappa shape index (κ1) is 13.7. The van der Waals surface area contributed by atoms with E-state index >= 15 is 0 Å². The summed E-state index contributed by atoms with van der Waals surface area (Å²) in [5.41, 5.74) is 6.56. The van der Waals surface area contributed by atoms with Gasteiger partial charge in [0.15, 0.2) is 0 Å². The van der Waals surface area contributed by atoms with Crippen LogP contribution in [0.3, 0.4) is 0 Å². The van der Waals surface area contributed by atoms with Crippen molar-refractivity contribution >= 4 is 11.6 Å². The number of carbonyl (C=O) groups is 1. The lowest BCUT2D eigenvalue weighted by Crippen LogP contribution is -2.48. The van der Waals surface area contributed by atoms with Crippen molar-refractivity contribution in [1.82, 2.24) is 4.90 Å². The summed E-state index contributed by atoms with van der Waals surface area (Å²) in [5, 5.41) is 0. The average molecular weight is 263 g/mol. The van der Waals surface area contributed by atoms with Gasteiger partial charge in [0.05, 0.1) is 0 Å². The molecule has 0 saturated carbocycles. The predicted octanol–water partition coefficient (Wildman–Crippen LogP) is 0.693. The molecule has 1 heterocycles. The Labute approximate surface area is 113 Å². The number of anilines is 1. The van der Waals surface area contributed by atoms with Gasteiger partial charge in [-0.2, -0.15) is 0 Å². The lowest BCUT2D eigenvalue weighted by molar-refractivity contribution is -0.129. The van der Waals surface area contributed by atoms with Gasteiger partial charge in [-0.05, 0) is 12.1 Å². The molecule has 1 saturated heterocycles. The van der Waals surface area contributed by atoms with Gasteiger partial charge in [-0.15, -0.1) is 0 Å². The highest BCUT2D eigenvalue weighted by molar-refractivity contribution is 5.73. The Balaban J connectivity index is 1.97. The van der Waals surface area contributed by atoms with Gasteiger partial charge >= 0.3 is 0 Å². The van der Waals surface area contributed by atoms with E-state index in [9.17, 15) is 4.79 Å². The summed E-state index contributed by atoms with van der Waals surface area (Å²) in [6.07, 6.45) is 0. The van der Waals surface area contributed by atoms with Crippen LogP contribution in [0.15, 0.2) is 24.3 Å². The summed E-state index contributed by atoms with van der Waals surface area (Å²) in [6.45, 7) is 5.95. The lowest BCUT2D eigenvalue weighted by atomic mass is 10.2. The van der Waals surface area contributed by atoms with Crippen LogP contribution in [0.1, 0.15) is 6.92 Å². The van der Waals surface area contributed by atoms with E-state index in [4.69, 9.17) is 10.5 Å². The van der Waals surface area contributed by atoms with Gasteiger partial charge in [0.1, 0.15) is 12.4 Å². The standard InChI is InChI=1S/C14H21N3O2/c1-12(18)16-6-8-17(9-7-16)13-3-2-4-14(11-13)19-10-5-15/h2-4,11H,5-10,15H2,1H3. The van der Waals surface area contributed by atoms with Crippen LogP contribution in [0.4, 0.5) is 5.69 Å². The summed E-state index contributed by atoms with van der Waals surface area (Å²) in [5.74, 6) is 0.997. The maximum absolute atomic E-state index is 11.3. The minimum atomic E-state index is 0.152. The predicted molar refractivity (Wildman–Crippen MR) is 75.5 cm³/mol. The molecule has 1 aromatic rings. The molecular formula is C14H21N3O2.